The molecule has 1 aliphatic carbocycles. The summed E-state index contributed by atoms with van der Waals surface area (Å²) in [5.74, 6) is 2.81. The number of carbonyl (C=O) groups is 1. The zero-order valence-electron chi connectivity index (χ0n) is 16.4. The number of halogens is 1. The van der Waals surface area contributed by atoms with Crippen LogP contribution in [0.2, 0.25) is 0 Å². The Bertz CT molecular complexity index is 806. The molecule has 5 nitrogen and oxygen atoms in total. The van der Waals surface area contributed by atoms with Crippen LogP contribution in [0.4, 0.5) is 4.39 Å². The average Bonchev–Trinajstić information content (AvgIpc) is 3.49. The van der Waals surface area contributed by atoms with E-state index in [0.29, 0.717) is 17.6 Å². The summed E-state index contributed by atoms with van der Waals surface area (Å²) in [6.07, 6.45) is 7.76. The largest absolute Gasteiger partial charge is 0.484 e. The molecule has 0 spiro atoms. The first-order chi connectivity index (χ1) is 13.6. The molecule has 0 atom stereocenters. The summed E-state index contributed by atoms with van der Waals surface area (Å²) in [7, 11) is 0. The van der Waals surface area contributed by atoms with Gasteiger partial charge in [-0.3, -0.25) is 4.79 Å². The fourth-order valence-corrected chi connectivity index (χ4v) is 3.99. The minimum atomic E-state index is -0.309. The number of benzene rings is 1. The van der Waals surface area contributed by atoms with Gasteiger partial charge >= 0.3 is 0 Å². The summed E-state index contributed by atoms with van der Waals surface area (Å²) in [5.41, 5.74) is 1.26. The Morgan fingerprint density at radius 2 is 1.89 bits per heavy atom. The van der Waals surface area contributed by atoms with Crippen LogP contribution in [0.15, 0.2) is 30.5 Å². The molecular weight excluding hydrogens is 357 g/mol. The van der Waals surface area contributed by atoms with Crippen LogP contribution in [-0.2, 0) is 11.3 Å². The molecule has 0 bridgehead atoms. The molecule has 2 aromatic rings. The molecule has 1 aromatic heterocycles. The third-order valence-corrected chi connectivity index (χ3v) is 5.93. The lowest BCUT2D eigenvalue weighted by atomic mass is 9.93. The van der Waals surface area contributed by atoms with Gasteiger partial charge in [-0.05, 0) is 69.2 Å². The van der Waals surface area contributed by atoms with Gasteiger partial charge in [0.25, 0.3) is 5.91 Å². The molecule has 6 heteroatoms. The fraction of sp³-hybridized carbons (Fsp3) is 0.545. The first kappa shape index (κ1) is 19.0. The average molecular weight is 385 g/mol. The molecule has 4 rings (SSSR count). The van der Waals surface area contributed by atoms with Gasteiger partial charge in [0.1, 0.15) is 17.4 Å². The SMILES string of the molecule is Cc1cnc(C2CC2)n1CCC1CCN(C(=O)COc2ccc(F)cc2)CC1. The monoisotopic (exact) mass is 385 g/mol. The molecule has 1 amide bonds. The number of rotatable bonds is 7. The number of piperidine rings is 1. The highest BCUT2D eigenvalue weighted by Crippen LogP contribution is 2.39. The van der Waals surface area contributed by atoms with Crippen molar-refractivity contribution >= 4 is 5.91 Å². The van der Waals surface area contributed by atoms with Crippen molar-refractivity contribution in [3.8, 4) is 5.75 Å². The fourth-order valence-electron chi connectivity index (χ4n) is 3.99. The highest BCUT2D eigenvalue weighted by molar-refractivity contribution is 5.77. The molecule has 0 radical (unpaired) electrons. The van der Waals surface area contributed by atoms with E-state index >= 15 is 0 Å². The zero-order valence-corrected chi connectivity index (χ0v) is 16.4. The van der Waals surface area contributed by atoms with Crippen LogP contribution >= 0.6 is 0 Å². The van der Waals surface area contributed by atoms with Crippen molar-refractivity contribution in [1.82, 2.24) is 14.5 Å². The lowest BCUT2D eigenvalue weighted by Crippen LogP contribution is -2.41. The Hall–Kier alpha value is -2.37. The first-order valence-electron chi connectivity index (χ1n) is 10.3. The first-order valence-corrected chi connectivity index (χ1v) is 10.3. The number of hydrogen-bond acceptors (Lipinski definition) is 3. The van der Waals surface area contributed by atoms with E-state index in [0.717, 1.165) is 38.9 Å². The molecule has 0 unspecified atom stereocenters. The summed E-state index contributed by atoms with van der Waals surface area (Å²) >= 11 is 0. The van der Waals surface area contributed by atoms with Crippen molar-refractivity contribution < 1.29 is 13.9 Å². The van der Waals surface area contributed by atoms with Crippen molar-refractivity contribution in [2.45, 2.75) is 51.5 Å². The van der Waals surface area contributed by atoms with Crippen LogP contribution < -0.4 is 4.74 Å². The molecule has 2 heterocycles. The summed E-state index contributed by atoms with van der Waals surface area (Å²) in [6.45, 7) is 4.75. The number of hydrogen-bond donors (Lipinski definition) is 0. The molecule has 1 aliphatic heterocycles. The molecule has 2 aliphatic rings. The quantitative estimate of drug-likeness (QED) is 0.726. The van der Waals surface area contributed by atoms with Gasteiger partial charge in [0, 0.05) is 37.4 Å². The highest BCUT2D eigenvalue weighted by Gasteiger charge is 2.29. The lowest BCUT2D eigenvalue weighted by molar-refractivity contribution is -0.134. The number of aromatic nitrogens is 2. The molecule has 1 saturated carbocycles. The molecule has 1 saturated heterocycles. The van der Waals surface area contributed by atoms with Gasteiger partial charge in [0.2, 0.25) is 0 Å². The van der Waals surface area contributed by atoms with E-state index in [1.165, 1.54) is 36.5 Å². The highest BCUT2D eigenvalue weighted by atomic mass is 19.1. The summed E-state index contributed by atoms with van der Waals surface area (Å²) in [4.78, 5) is 18.9. The van der Waals surface area contributed by atoms with Gasteiger partial charge in [0.15, 0.2) is 6.61 Å². The molecule has 2 fully saturated rings. The number of likely N-dealkylation sites (tertiary alicyclic amines) is 1. The Morgan fingerprint density at radius 1 is 1.18 bits per heavy atom. The van der Waals surface area contributed by atoms with Gasteiger partial charge in [0.05, 0.1) is 0 Å². The third-order valence-electron chi connectivity index (χ3n) is 5.93. The van der Waals surface area contributed by atoms with Crippen LogP contribution in [0.1, 0.15) is 49.5 Å². The topological polar surface area (TPSA) is 47.4 Å². The number of amides is 1. The van der Waals surface area contributed by atoms with Gasteiger partial charge in [-0.2, -0.15) is 0 Å². The van der Waals surface area contributed by atoms with Crippen LogP contribution in [-0.4, -0.2) is 40.1 Å². The number of imidazole rings is 1. The normalized spacial score (nSPS) is 17.7. The minimum Gasteiger partial charge on any atom is -0.484 e. The zero-order chi connectivity index (χ0) is 19.5. The standard InChI is InChI=1S/C22H28FN3O2/c1-16-14-24-22(18-2-3-18)26(16)13-10-17-8-11-25(12-9-17)21(27)15-28-20-6-4-19(23)5-7-20/h4-7,14,17-18H,2-3,8-13,15H2,1H3. The third kappa shape index (κ3) is 4.54. The Kier molecular flexibility index (Phi) is 5.64. The van der Waals surface area contributed by atoms with Crippen LogP contribution in [0.25, 0.3) is 0 Å². The summed E-state index contributed by atoms with van der Waals surface area (Å²) < 4.78 is 20.8. The maximum atomic E-state index is 12.9. The smallest absolute Gasteiger partial charge is 0.260 e. The van der Waals surface area contributed by atoms with E-state index in [-0.39, 0.29) is 18.3 Å². The van der Waals surface area contributed by atoms with Gasteiger partial charge in [-0.1, -0.05) is 0 Å². The van der Waals surface area contributed by atoms with Gasteiger partial charge in [-0.25, -0.2) is 9.37 Å². The van der Waals surface area contributed by atoms with Crippen molar-refractivity contribution in [2.24, 2.45) is 5.92 Å². The van der Waals surface area contributed by atoms with E-state index in [2.05, 4.69) is 16.5 Å². The number of nitrogens with zero attached hydrogens (tertiary/aromatic N) is 3. The van der Waals surface area contributed by atoms with E-state index in [9.17, 15) is 9.18 Å². The number of carbonyl (C=O) groups excluding carboxylic acids is 1. The predicted octanol–water partition coefficient (Wildman–Crippen LogP) is 3.92. The second-order valence-corrected chi connectivity index (χ2v) is 8.04. The van der Waals surface area contributed by atoms with Crippen LogP contribution in [0, 0.1) is 18.7 Å². The summed E-state index contributed by atoms with van der Waals surface area (Å²) in [5, 5.41) is 0. The Morgan fingerprint density at radius 3 is 2.57 bits per heavy atom. The van der Waals surface area contributed by atoms with Crippen LogP contribution in [0.3, 0.4) is 0 Å². The maximum absolute atomic E-state index is 12.9. The van der Waals surface area contributed by atoms with Gasteiger partial charge in [-0.15, -0.1) is 0 Å². The molecule has 1 aromatic carbocycles. The number of aryl methyl sites for hydroxylation is 1. The van der Waals surface area contributed by atoms with E-state index in [1.54, 1.807) is 12.1 Å². The minimum absolute atomic E-state index is 0.00393. The van der Waals surface area contributed by atoms with Crippen LogP contribution in [0.5, 0.6) is 5.75 Å². The van der Waals surface area contributed by atoms with Crippen molar-refractivity contribution in [2.75, 3.05) is 19.7 Å². The molecule has 150 valence electrons. The Labute approximate surface area is 165 Å². The Balaban J connectivity index is 1.20. The molecule has 0 N–H and O–H groups in total. The van der Waals surface area contributed by atoms with E-state index in [1.807, 2.05) is 11.1 Å². The van der Waals surface area contributed by atoms with Crippen molar-refractivity contribution in [1.29, 1.82) is 0 Å². The van der Waals surface area contributed by atoms with Gasteiger partial charge < -0.3 is 14.2 Å². The maximum Gasteiger partial charge on any atom is 0.260 e. The predicted molar refractivity (Wildman–Crippen MR) is 105 cm³/mol. The van der Waals surface area contributed by atoms with Crippen molar-refractivity contribution in [3.05, 3.63) is 47.8 Å². The lowest BCUT2D eigenvalue weighted by Gasteiger charge is -2.32. The van der Waals surface area contributed by atoms with Crippen molar-refractivity contribution in [3.63, 3.8) is 0 Å². The molecular formula is C22H28FN3O2. The molecule has 28 heavy (non-hydrogen) atoms. The second-order valence-electron chi connectivity index (χ2n) is 8.04. The second kappa shape index (κ2) is 8.33. The summed E-state index contributed by atoms with van der Waals surface area (Å²) in [6, 6.07) is 5.76. The van der Waals surface area contributed by atoms with E-state index < -0.39 is 0 Å². The van der Waals surface area contributed by atoms with E-state index in [4.69, 9.17) is 4.74 Å². The number of ether oxygens (including phenoxy) is 1.